The molecule has 0 bridgehead atoms. The summed E-state index contributed by atoms with van der Waals surface area (Å²) in [5, 5.41) is 6.62. The van der Waals surface area contributed by atoms with Crippen LogP contribution in [0.25, 0.3) is 0 Å². The summed E-state index contributed by atoms with van der Waals surface area (Å²) in [7, 11) is 0. The van der Waals surface area contributed by atoms with Crippen molar-refractivity contribution >= 4 is 11.6 Å². The van der Waals surface area contributed by atoms with E-state index in [1.54, 1.807) is 6.33 Å². The molecule has 5 nitrogen and oxygen atoms in total. The molecule has 0 radical (unpaired) electrons. The predicted octanol–water partition coefficient (Wildman–Crippen LogP) is 2.14. The zero-order chi connectivity index (χ0) is 12.8. The lowest BCUT2D eigenvalue weighted by Gasteiger charge is -2.15. The van der Waals surface area contributed by atoms with Crippen molar-refractivity contribution in [3.05, 3.63) is 12.4 Å². The van der Waals surface area contributed by atoms with Gasteiger partial charge < -0.3 is 15.4 Å². The van der Waals surface area contributed by atoms with E-state index in [4.69, 9.17) is 4.74 Å². The van der Waals surface area contributed by atoms with E-state index in [0.717, 1.165) is 44.2 Å². The number of ether oxygens (including phenoxy) is 1. The molecule has 2 heterocycles. The standard InChI is InChI=1S/C13H22N4O/c1-3-5-14-12-7-13(17-9-16-12)15-8-11-4-6-18-10(11)2/h7,9-11H,3-6,8H2,1-2H3,(H2,14,15,16,17). The highest BCUT2D eigenvalue weighted by molar-refractivity contribution is 5.46. The fraction of sp³-hybridized carbons (Fsp3) is 0.692. The van der Waals surface area contributed by atoms with Crippen molar-refractivity contribution in [3.63, 3.8) is 0 Å². The molecular formula is C13H22N4O. The molecule has 1 saturated heterocycles. The third-order valence-electron chi connectivity index (χ3n) is 3.30. The Labute approximate surface area is 108 Å². The fourth-order valence-corrected chi connectivity index (χ4v) is 2.08. The van der Waals surface area contributed by atoms with E-state index in [0.29, 0.717) is 12.0 Å². The minimum absolute atomic E-state index is 0.344. The van der Waals surface area contributed by atoms with Gasteiger partial charge in [0.25, 0.3) is 0 Å². The molecular weight excluding hydrogens is 228 g/mol. The molecule has 1 aromatic heterocycles. The van der Waals surface area contributed by atoms with E-state index in [9.17, 15) is 0 Å². The molecule has 2 atom stereocenters. The lowest BCUT2D eigenvalue weighted by molar-refractivity contribution is 0.108. The van der Waals surface area contributed by atoms with Crippen LogP contribution in [0.3, 0.4) is 0 Å². The van der Waals surface area contributed by atoms with Crippen LogP contribution in [0.2, 0.25) is 0 Å². The van der Waals surface area contributed by atoms with Crippen molar-refractivity contribution in [1.82, 2.24) is 9.97 Å². The Morgan fingerprint density at radius 1 is 1.33 bits per heavy atom. The molecule has 1 aromatic rings. The smallest absolute Gasteiger partial charge is 0.131 e. The molecule has 18 heavy (non-hydrogen) atoms. The van der Waals surface area contributed by atoms with Gasteiger partial charge in [0.2, 0.25) is 0 Å². The van der Waals surface area contributed by atoms with Crippen LogP contribution < -0.4 is 10.6 Å². The van der Waals surface area contributed by atoms with Gasteiger partial charge in [0, 0.05) is 31.7 Å². The molecule has 0 spiro atoms. The second kappa shape index (κ2) is 6.54. The third-order valence-corrected chi connectivity index (χ3v) is 3.30. The molecule has 1 fully saturated rings. The van der Waals surface area contributed by atoms with Crippen LogP contribution in [0.1, 0.15) is 26.7 Å². The van der Waals surface area contributed by atoms with Crippen LogP contribution in [-0.2, 0) is 4.74 Å². The Kier molecular flexibility index (Phi) is 4.75. The first-order chi connectivity index (χ1) is 8.79. The minimum atomic E-state index is 0.344. The first-order valence-corrected chi connectivity index (χ1v) is 6.71. The molecule has 0 aliphatic carbocycles. The van der Waals surface area contributed by atoms with Crippen LogP contribution in [0.15, 0.2) is 12.4 Å². The SMILES string of the molecule is CCCNc1cc(NCC2CCOC2C)ncn1. The summed E-state index contributed by atoms with van der Waals surface area (Å²) in [6.45, 7) is 6.98. The second-order valence-corrected chi connectivity index (χ2v) is 4.72. The van der Waals surface area contributed by atoms with Crippen molar-refractivity contribution in [2.75, 3.05) is 30.3 Å². The van der Waals surface area contributed by atoms with Gasteiger partial charge in [-0.25, -0.2) is 9.97 Å². The Morgan fingerprint density at radius 2 is 2.11 bits per heavy atom. The summed E-state index contributed by atoms with van der Waals surface area (Å²) in [6.07, 6.45) is 4.15. The largest absolute Gasteiger partial charge is 0.378 e. The molecule has 0 aromatic carbocycles. The van der Waals surface area contributed by atoms with Gasteiger partial charge in [0.05, 0.1) is 6.10 Å². The summed E-state index contributed by atoms with van der Waals surface area (Å²) in [6, 6.07) is 1.95. The first kappa shape index (κ1) is 13.1. The van der Waals surface area contributed by atoms with Crippen LogP contribution in [-0.4, -0.2) is 35.8 Å². The Balaban J connectivity index is 1.84. The number of anilines is 2. The van der Waals surface area contributed by atoms with Crippen LogP contribution in [0, 0.1) is 5.92 Å². The van der Waals surface area contributed by atoms with Gasteiger partial charge in [-0.05, 0) is 19.8 Å². The maximum absolute atomic E-state index is 5.55. The molecule has 5 heteroatoms. The first-order valence-electron chi connectivity index (χ1n) is 6.71. The summed E-state index contributed by atoms with van der Waals surface area (Å²) in [5.74, 6) is 2.33. The maximum atomic E-state index is 5.55. The zero-order valence-electron chi connectivity index (χ0n) is 11.1. The molecule has 1 aliphatic rings. The van der Waals surface area contributed by atoms with Crippen molar-refractivity contribution in [3.8, 4) is 0 Å². The van der Waals surface area contributed by atoms with E-state index < -0.39 is 0 Å². The second-order valence-electron chi connectivity index (χ2n) is 4.72. The predicted molar refractivity (Wildman–Crippen MR) is 72.8 cm³/mol. The number of nitrogens with zero attached hydrogens (tertiary/aromatic N) is 2. The highest BCUT2D eigenvalue weighted by Gasteiger charge is 2.23. The Morgan fingerprint density at radius 3 is 2.78 bits per heavy atom. The Hall–Kier alpha value is -1.36. The van der Waals surface area contributed by atoms with E-state index in [1.807, 2.05) is 6.07 Å². The fourth-order valence-electron chi connectivity index (χ4n) is 2.08. The highest BCUT2D eigenvalue weighted by Crippen LogP contribution is 2.20. The van der Waals surface area contributed by atoms with E-state index in [1.165, 1.54) is 0 Å². The summed E-state index contributed by atoms with van der Waals surface area (Å²) in [5.41, 5.74) is 0. The number of nitrogens with one attached hydrogen (secondary N) is 2. The minimum Gasteiger partial charge on any atom is -0.378 e. The zero-order valence-corrected chi connectivity index (χ0v) is 11.1. The maximum Gasteiger partial charge on any atom is 0.131 e. The highest BCUT2D eigenvalue weighted by atomic mass is 16.5. The molecule has 2 rings (SSSR count). The summed E-state index contributed by atoms with van der Waals surface area (Å²) < 4.78 is 5.55. The van der Waals surface area contributed by atoms with Crippen molar-refractivity contribution in [2.24, 2.45) is 5.92 Å². The van der Waals surface area contributed by atoms with Gasteiger partial charge in [-0.1, -0.05) is 6.92 Å². The third kappa shape index (κ3) is 3.57. The monoisotopic (exact) mass is 250 g/mol. The lowest BCUT2D eigenvalue weighted by atomic mass is 10.0. The average molecular weight is 250 g/mol. The molecule has 2 unspecified atom stereocenters. The van der Waals surface area contributed by atoms with Crippen LogP contribution in [0.4, 0.5) is 11.6 Å². The normalized spacial score (nSPS) is 23.0. The molecule has 0 saturated carbocycles. The van der Waals surface area contributed by atoms with E-state index in [2.05, 4.69) is 34.4 Å². The quantitative estimate of drug-likeness (QED) is 0.810. The van der Waals surface area contributed by atoms with Gasteiger partial charge in [-0.3, -0.25) is 0 Å². The summed E-state index contributed by atoms with van der Waals surface area (Å²) in [4.78, 5) is 8.42. The number of rotatable bonds is 6. The average Bonchev–Trinajstić information content (AvgIpc) is 2.80. The van der Waals surface area contributed by atoms with Gasteiger partial charge in [0.1, 0.15) is 18.0 Å². The Bertz CT molecular complexity index is 372. The molecule has 100 valence electrons. The van der Waals surface area contributed by atoms with Crippen molar-refractivity contribution in [2.45, 2.75) is 32.8 Å². The summed E-state index contributed by atoms with van der Waals surface area (Å²) >= 11 is 0. The van der Waals surface area contributed by atoms with Gasteiger partial charge in [-0.15, -0.1) is 0 Å². The van der Waals surface area contributed by atoms with Crippen LogP contribution in [0.5, 0.6) is 0 Å². The lowest BCUT2D eigenvalue weighted by Crippen LogP contribution is -2.21. The van der Waals surface area contributed by atoms with Crippen molar-refractivity contribution < 1.29 is 4.74 Å². The van der Waals surface area contributed by atoms with Crippen LogP contribution >= 0.6 is 0 Å². The van der Waals surface area contributed by atoms with E-state index in [-0.39, 0.29) is 0 Å². The number of aromatic nitrogens is 2. The van der Waals surface area contributed by atoms with E-state index >= 15 is 0 Å². The van der Waals surface area contributed by atoms with Gasteiger partial charge in [0.15, 0.2) is 0 Å². The molecule has 0 amide bonds. The number of hydrogen-bond acceptors (Lipinski definition) is 5. The molecule has 2 N–H and O–H groups in total. The topological polar surface area (TPSA) is 59.1 Å². The van der Waals surface area contributed by atoms with Gasteiger partial charge >= 0.3 is 0 Å². The molecule has 1 aliphatic heterocycles. The number of hydrogen-bond donors (Lipinski definition) is 2. The van der Waals surface area contributed by atoms with Gasteiger partial charge in [-0.2, -0.15) is 0 Å². The van der Waals surface area contributed by atoms with Crippen molar-refractivity contribution in [1.29, 1.82) is 0 Å².